The van der Waals surface area contributed by atoms with Gasteiger partial charge in [-0.2, -0.15) is 26.3 Å². The first-order valence-electron chi connectivity index (χ1n) is 12.8. The van der Waals surface area contributed by atoms with Gasteiger partial charge in [0.05, 0.1) is 23.2 Å². The van der Waals surface area contributed by atoms with E-state index in [4.69, 9.17) is 0 Å². The summed E-state index contributed by atoms with van der Waals surface area (Å²) in [5, 5.41) is 5.21. The minimum atomic E-state index is -4.64. The summed E-state index contributed by atoms with van der Waals surface area (Å²) in [6.45, 7) is 0.571. The Bertz CT molecular complexity index is 1160. The van der Waals surface area contributed by atoms with Crippen molar-refractivity contribution < 1.29 is 40.7 Å². The number of nitrogens with zero attached hydrogens (tertiary/aromatic N) is 2. The van der Waals surface area contributed by atoms with Crippen molar-refractivity contribution >= 4 is 17.8 Å². The number of carbonyl (C=O) groups excluding carboxylic acids is 3. The average Bonchev–Trinajstić information content (AvgIpc) is 3.49. The fourth-order valence-corrected chi connectivity index (χ4v) is 4.93. The second kappa shape index (κ2) is 11.8. The minimum absolute atomic E-state index is 0.0909. The summed E-state index contributed by atoms with van der Waals surface area (Å²) in [4.78, 5) is 40.6. The van der Waals surface area contributed by atoms with Gasteiger partial charge in [-0.1, -0.05) is 24.3 Å². The summed E-state index contributed by atoms with van der Waals surface area (Å²) < 4.78 is 80.3. The second-order valence-electron chi connectivity index (χ2n) is 9.86. The Morgan fingerprint density at radius 2 is 1.12 bits per heavy atom. The van der Waals surface area contributed by atoms with Gasteiger partial charge in [0.2, 0.25) is 11.8 Å². The first-order chi connectivity index (χ1) is 18.8. The van der Waals surface area contributed by atoms with Gasteiger partial charge in [0.25, 0.3) is 0 Å². The van der Waals surface area contributed by atoms with Crippen LogP contribution in [0.4, 0.5) is 31.1 Å². The van der Waals surface area contributed by atoms with Crippen molar-refractivity contribution in [2.75, 3.05) is 26.2 Å². The number of alkyl halides is 6. The molecule has 0 spiro atoms. The van der Waals surface area contributed by atoms with Crippen molar-refractivity contribution in [1.29, 1.82) is 0 Å². The van der Waals surface area contributed by atoms with Crippen molar-refractivity contribution in [3.63, 3.8) is 0 Å². The lowest BCUT2D eigenvalue weighted by Crippen LogP contribution is -2.46. The smallest absolute Gasteiger partial charge is 0.340 e. The van der Waals surface area contributed by atoms with E-state index in [0.717, 1.165) is 24.3 Å². The van der Waals surface area contributed by atoms with Crippen molar-refractivity contribution in [3.8, 4) is 0 Å². The summed E-state index contributed by atoms with van der Waals surface area (Å²) in [5.74, 6) is -0.401. The summed E-state index contributed by atoms with van der Waals surface area (Å²) >= 11 is 0. The van der Waals surface area contributed by atoms with Crippen LogP contribution in [-0.4, -0.2) is 53.8 Å². The van der Waals surface area contributed by atoms with E-state index in [-0.39, 0.29) is 48.9 Å². The molecule has 4 rings (SSSR count). The molecular weight excluding hydrogens is 542 g/mol. The fourth-order valence-electron chi connectivity index (χ4n) is 4.93. The highest BCUT2D eigenvalue weighted by Crippen LogP contribution is 2.33. The van der Waals surface area contributed by atoms with Crippen LogP contribution in [0.25, 0.3) is 0 Å². The van der Waals surface area contributed by atoms with Crippen LogP contribution in [0.3, 0.4) is 0 Å². The molecule has 7 nitrogen and oxygen atoms in total. The van der Waals surface area contributed by atoms with Crippen molar-refractivity contribution in [1.82, 2.24) is 20.4 Å². The molecule has 2 aliphatic heterocycles. The highest BCUT2D eigenvalue weighted by Gasteiger charge is 2.34. The van der Waals surface area contributed by atoms with Gasteiger partial charge in [0, 0.05) is 39.0 Å². The molecule has 2 aromatic rings. The monoisotopic (exact) mass is 570 g/mol. The number of urea groups is 1. The maximum Gasteiger partial charge on any atom is 0.416 e. The van der Waals surface area contributed by atoms with Gasteiger partial charge >= 0.3 is 18.4 Å². The van der Waals surface area contributed by atoms with E-state index in [1.54, 1.807) is 0 Å². The van der Waals surface area contributed by atoms with Gasteiger partial charge in [-0.3, -0.25) is 9.59 Å². The summed E-state index contributed by atoms with van der Waals surface area (Å²) in [6, 6.07) is 5.78. The highest BCUT2D eigenvalue weighted by molar-refractivity contribution is 5.79. The summed E-state index contributed by atoms with van der Waals surface area (Å²) in [7, 11) is 0. The molecule has 13 heteroatoms. The van der Waals surface area contributed by atoms with E-state index in [9.17, 15) is 40.7 Å². The van der Waals surface area contributed by atoms with E-state index in [0.29, 0.717) is 25.9 Å². The molecule has 0 saturated carbocycles. The third kappa shape index (κ3) is 7.24. The predicted molar refractivity (Wildman–Crippen MR) is 132 cm³/mol. The molecule has 2 unspecified atom stereocenters. The van der Waals surface area contributed by atoms with Crippen LogP contribution >= 0.6 is 0 Å². The summed E-state index contributed by atoms with van der Waals surface area (Å²) in [6.07, 6.45) is -7.57. The first kappa shape index (κ1) is 29.2. The lowest BCUT2D eigenvalue weighted by molar-refractivity contribution is -0.138. The molecule has 2 aliphatic rings. The Morgan fingerprint density at radius 1 is 0.725 bits per heavy atom. The largest absolute Gasteiger partial charge is 0.416 e. The topological polar surface area (TPSA) is 81.8 Å². The number of likely N-dealkylation sites (tertiary alicyclic amines) is 2. The standard InChI is InChI=1S/C27H28F6N4O3/c28-26(29,30)19-7-1-5-17(13-19)21(15-36-11-3-9-23(36)38)34-25(40)35-22(16-37-12-4-10-24(37)39)18-6-2-8-20(14-18)27(31,32)33/h1-2,5-8,13-14,21-22H,3-4,9-12,15-16H2,(H2,34,35,40). The molecule has 216 valence electrons. The Kier molecular flexibility index (Phi) is 8.59. The van der Waals surface area contributed by atoms with Crippen LogP contribution in [0.5, 0.6) is 0 Å². The zero-order chi connectivity index (χ0) is 29.1. The summed E-state index contributed by atoms with van der Waals surface area (Å²) in [5.41, 5.74) is -1.65. The van der Waals surface area contributed by atoms with E-state index in [1.807, 2.05) is 0 Å². The molecule has 4 amide bonds. The Balaban J connectivity index is 1.59. The quantitative estimate of drug-likeness (QED) is 0.436. The van der Waals surface area contributed by atoms with Crippen LogP contribution < -0.4 is 10.6 Å². The number of carbonyl (C=O) groups is 3. The number of hydrogen-bond acceptors (Lipinski definition) is 3. The van der Waals surface area contributed by atoms with Crippen LogP contribution in [0.2, 0.25) is 0 Å². The van der Waals surface area contributed by atoms with Crippen molar-refractivity contribution in [2.24, 2.45) is 0 Å². The fraction of sp³-hybridized carbons (Fsp3) is 0.444. The number of rotatable bonds is 8. The van der Waals surface area contributed by atoms with E-state index in [1.165, 1.54) is 34.1 Å². The van der Waals surface area contributed by atoms with Gasteiger partial charge in [-0.25, -0.2) is 4.79 Å². The van der Waals surface area contributed by atoms with Crippen LogP contribution in [-0.2, 0) is 21.9 Å². The third-order valence-corrected chi connectivity index (χ3v) is 6.99. The van der Waals surface area contributed by atoms with Crippen LogP contribution in [0, 0.1) is 0 Å². The molecular formula is C27H28F6N4O3. The van der Waals surface area contributed by atoms with Gasteiger partial charge in [-0.05, 0) is 48.2 Å². The van der Waals surface area contributed by atoms with Crippen molar-refractivity contribution in [3.05, 3.63) is 70.8 Å². The SMILES string of the molecule is O=C(NC(CN1CCCC1=O)c1cccc(C(F)(F)F)c1)NC(CN1CCCC1=O)c1cccc(C(F)(F)F)c1. The lowest BCUT2D eigenvalue weighted by atomic mass is 10.0. The number of halogens is 6. The van der Waals surface area contributed by atoms with Gasteiger partial charge < -0.3 is 20.4 Å². The Morgan fingerprint density at radius 3 is 1.45 bits per heavy atom. The molecule has 2 fully saturated rings. The Hall–Kier alpha value is -3.77. The molecule has 0 radical (unpaired) electrons. The molecule has 2 N–H and O–H groups in total. The van der Waals surface area contributed by atoms with Crippen LogP contribution in [0.15, 0.2) is 48.5 Å². The van der Waals surface area contributed by atoms with E-state index < -0.39 is 41.6 Å². The maximum absolute atomic E-state index is 13.4. The number of benzene rings is 2. The predicted octanol–water partition coefficient (Wildman–Crippen LogP) is 5.05. The molecule has 0 aromatic heterocycles. The zero-order valence-corrected chi connectivity index (χ0v) is 21.3. The minimum Gasteiger partial charge on any atom is -0.340 e. The van der Waals surface area contributed by atoms with Crippen molar-refractivity contribution in [2.45, 2.75) is 50.1 Å². The Labute approximate surface area is 226 Å². The molecule has 2 aromatic carbocycles. The molecule has 2 heterocycles. The molecule has 2 saturated heterocycles. The van der Waals surface area contributed by atoms with Crippen LogP contribution in [0.1, 0.15) is 60.0 Å². The third-order valence-electron chi connectivity index (χ3n) is 6.99. The molecule has 0 aliphatic carbocycles. The number of amides is 4. The van der Waals surface area contributed by atoms with E-state index in [2.05, 4.69) is 10.6 Å². The van der Waals surface area contributed by atoms with Gasteiger partial charge in [-0.15, -0.1) is 0 Å². The lowest BCUT2D eigenvalue weighted by Gasteiger charge is -2.29. The molecule has 0 bridgehead atoms. The number of nitrogens with one attached hydrogen (secondary N) is 2. The average molecular weight is 571 g/mol. The zero-order valence-electron chi connectivity index (χ0n) is 21.3. The van der Waals surface area contributed by atoms with Gasteiger partial charge in [0.1, 0.15) is 0 Å². The normalized spacial score (nSPS) is 17.8. The first-order valence-corrected chi connectivity index (χ1v) is 12.8. The van der Waals surface area contributed by atoms with Gasteiger partial charge in [0.15, 0.2) is 0 Å². The highest BCUT2D eigenvalue weighted by atomic mass is 19.4. The second-order valence-corrected chi connectivity index (χ2v) is 9.86. The maximum atomic E-state index is 13.4. The number of hydrogen-bond donors (Lipinski definition) is 2. The van der Waals surface area contributed by atoms with E-state index >= 15 is 0 Å². The molecule has 2 atom stereocenters. The molecule has 40 heavy (non-hydrogen) atoms.